The number of nitrogens with zero attached hydrogens (tertiary/aromatic N) is 2. The first-order valence-corrected chi connectivity index (χ1v) is 17.2. The molecule has 1 heterocycles. The first kappa shape index (κ1) is 34.4. The van der Waals surface area contributed by atoms with E-state index < -0.39 is 29.1 Å². The first-order chi connectivity index (χ1) is 21.8. The van der Waals surface area contributed by atoms with Gasteiger partial charge in [0.05, 0.1) is 23.1 Å². The van der Waals surface area contributed by atoms with Crippen LogP contribution in [0.4, 0.5) is 0 Å². The summed E-state index contributed by atoms with van der Waals surface area (Å²) < 4.78 is 13.4. The number of nitrogens with one attached hydrogen (secondary N) is 2. The highest BCUT2D eigenvalue weighted by Crippen LogP contribution is 2.65. The van der Waals surface area contributed by atoms with Gasteiger partial charge in [-0.25, -0.2) is 15.1 Å². The first-order valence-electron chi connectivity index (χ1n) is 17.2. The number of nitrogens with two attached hydrogens (primary N) is 1. The van der Waals surface area contributed by atoms with E-state index >= 15 is 0 Å². The number of rotatable bonds is 14. The lowest BCUT2D eigenvalue weighted by Gasteiger charge is -2.64. The number of guanidine groups is 1. The maximum atomic E-state index is 14.2. The van der Waals surface area contributed by atoms with E-state index in [1.54, 1.807) is 0 Å². The highest BCUT2D eigenvalue weighted by molar-refractivity contribution is 6.47. The summed E-state index contributed by atoms with van der Waals surface area (Å²) in [5, 5.41) is 13.2. The molecule has 6 rings (SSSR count). The van der Waals surface area contributed by atoms with Gasteiger partial charge in [0.25, 0.3) is 5.96 Å². The zero-order chi connectivity index (χ0) is 33.3. The molecule has 11 nitrogen and oxygen atoms in total. The molecular formula is C34H52BN5O6. The van der Waals surface area contributed by atoms with E-state index in [4.69, 9.17) is 15.0 Å². The highest BCUT2D eigenvalue weighted by atomic mass is 16.7. The van der Waals surface area contributed by atoms with Crippen LogP contribution in [0.5, 0.6) is 0 Å². The minimum absolute atomic E-state index is 0.00223. The predicted molar refractivity (Wildman–Crippen MR) is 177 cm³/mol. The number of ketones is 1. The summed E-state index contributed by atoms with van der Waals surface area (Å²) in [6.45, 7) is 11.3. The summed E-state index contributed by atoms with van der Waals surface area (Å²) in [6.07, 6.45) is 7.21. The van der Waals surface area contributed by atoms with Crippen LogP contribution in [0.1, 0.15) is 104 Å². The van der Waals surface area contributed by atoms with Gasteiger partial charge in [0.2, 0.25) is 5.91 Å². The van der Waals surface area contributed by atoms with Crippen LogP contribution in [0.2, 0.25) is 0 Å². The maximum absolute atomic E-state index is 14.2. The molecule has 4 aliphatic carbocycles. The minimum atomic E-state index is -0.763. The average molecular weight is 638 g/mol. The normalized spacial score (nSPS) is 29.0. The third kappa shape index (κ3) is 6.84. The molecule has 1 saturated heterocycles. The molecular weight excluding hydrogens is 585 g/mol. The Hall–Kier alpha value is -2.99. The van der Waals surface area contributed by atoms with Gasteiger partial charge in [-0.1, -0.05) is 76.3 Å². The van der Waals surface area contributed by atoms with Crippen LogP contribution in [0.15, 0.2) is 35.3 Å². The number of hydrogen-bond acceptors (Lipinski definition) is 7. The number of carbonyl (C=O) groups is 2. The van der Waals surface area contributed by atoms with Gasteiger partial charge in [-0.2, -0.15) is 0 Å². The largest absolute Gasteiger partial charge is 0.481 e. The van der Waals surface area contributed by atoms with Crippen molar-refractivity contribution in [2.45, 2.75) is 122 Å². The third-order valence-corrected chi connectivity index (χ3v) is 11.7. The van der Waals surface area contributed by atoms with Crippen LogP contribution in [0.3, 0.4) is 0 Å². The summed E-state index contributed by atoms with van der Waals surface area (Å²) in [7, 11) is -0.559. The monoisotopic (exact) mass is 637 g/mol. The van der Waals surface area contributed by atoms with Crippen molar-refractivity contribution < 1.29 is 23.9 Å². The van der Waals surface area contributed by atoms with Gasteiger partial charge in [-0.3, -0.25) is 9.59 Å². The van der Waals surface area contributed by atoms with Crippen molar-refractivity contribution in [1.82, 2.24) is 10.7 Å². The lowest BCUT2D eigenvalue weighted by atomic mass is 9.43. The molecule has 1 aliphatic heterocycles. The fourth-order valence-corrected chi connectivity index (χ4v) is 8.99. The third-order valence-electron chi connectivity index (χ3n) is 11.7. The van der Waals surface area contributed by atoms with Crippen molar-refractivity contribution in [2.75, 3.05) is 6.54 Å². The number of benzene rings is 1. The van der Waals surface area contributed by atoms with Crippen molar-refractivity contribution in [2.24, 2.45) is 39.8 Å². The smallest absolute Gasteiger partial charge is 0.404 e. The number of hydrogen-bond donors (Lipinski definition) is 3. The molecule has 252 valence electrons. The SMILES string of the molecule is CC(C)C[C@H](NC(=O)[C@H](CCCN=C(N)N[N+](=O)[O-])CC(=O)C1(c2ccccc2)CCCC1)B1O[C@@H]2C[C@@H]3C[C@@H](C3(C)C)[C@]2(C)O1. The lowest BCUT2D eigenvalue weighted by Crippen LogP contribution is -2.65. The Morgan fingerprint density at radius 2 is 1.85 bits per heavy atom. The molecule has 5 aliphatic rings. The van der Waals surface area contributed by atoms with E-state index in [0.29, 0.717) is 31.1 Å². The quantitative estimate of drug-likeness (QED) is 0.0659. The second-order valence-corrected chi connectivity index (χ2v) is 15.3. The molecule has 2 bridgehead atoms. The Kier molecular flexibility index (Phi) is 10.2. The number of aliphatic imine (C=N–C) groups is 1. The Labute approximate surface area is 273 Å². The van der Waals surface area contributed by atoms with Crippen molar-refractivity contribution in [1.29, 1.82) is 0 Å². The van der Waals surface area contributed by atoms with Gasteiger partial charge in [-0.15, -0.1) is 0 Å². The Morgan fingerprint density at radius 1 is 1.15 bits per heavy atom. The molecule has 0 unspecified atom stereocenters. The van der Waals surface area contributed by atoms with Crippen molar-refractivity contribution in [3.8, 4) is 0 Å². The van der Waals surface area contributed by atoms with Crippen LogP contribution in [-0.4, -0.2) is 54.0 Å². The fraction of sp³-hybridized carbons (Fsp3) is 0.735. The predicted octanol–water partition coefficient (Wildman–Crippen LogP) is 4.75. The summed E-state index contributed by atoms with van der Waals surface area (Å²) >= 11 is 0. The van der Waals surface area contributed by atoms with Crippen molar-refractivity contribution in [3.05, 3.63) is 46.0 Å². The average Bonchev–Trinajstić information content (AvgIpc) is 3.63. The fourth-order valence-electron chi connectivity index (χ4n) is 8.99. The van der Waals surface area contributed by atoms with E-state index in [9.17, 15) is 19.7 Å². The second kappa shape index (κ2) is 13.6. The van der Waals surface area contributed by atoms with E-state index in [1.807, 2.05) is 35.8 Å². The van der Waals surface area contributed by atoms with E-state index in [1.165, 1.54) is 0 Å². The number of hydrazine groups is 1. The van der Waals surface area contributed by atoms with Crippen LogP contribution in [0.25, 0.3) is 0 Å². The summed E-state index contributed by atoms with van der Waals surface area (Å²) in [4.78, 5) is 43.1. The number of nitro groups is 1. The molecule has 0 spiro atoms. The van der Waals surface area contributed by atoms with Gasteiger partial charge in [-0.05, 0) is 80.6 Å². The molecule has 1 aromatic carbocycles. The number of carbonyl (C=O) groups excluding carboxylic acids is 2. The van der Waals surface area contributed by atoms with Gasteiger partial charge in [0.1, 0.15) is 5.78 Å². The van der Waals surface area contributed by atoms with Gasteiger partial charge in [0, 0.05) is 18.9 Å². The van der Waals surface area contributed by atoms with E-state index in [0.717, 1.165) is 44.1 Å². The summed E-state index contributed by atoms with van der Waals surface area (Å²) in [6, 6.07) is 9.94. The van der Waals surface area contributed by atoms with Crippen molar-refractivity contribution >= 4 is 24.8 Å². The standard InChI is InChI=1S/C34H52BN5O6/c1-22(2)18-29(35-45-28-21-25-20-26(32(25,3)4)33(28,5)46-35)38-30(42)23(12-11-17-37-31(36)39-40(43)44)19-27(41)34(15-9-10-16-34)24-13-7-6-8-14-24/h6-8,13-14,22-23,25-26,28-29H,9-12,15-21H2,1-5H3,(H,38,42)(H3,36,37,39)/t23-,25+,26+,28-,29+,33+/m1/s1. The number of amides is 1. The highest BCUT2D eigenvalue weighted by Gasteiger charge is 2.68. The topological polar surface area (TPSA) is 158 Å². The Balaban J connectivity index is 1.33. The van der Waals surface area contributed by atoms with Gasteiger partial charge >= 0.3 is 7.12 Å². The molecule has 1 aromatic rings. The maximum Gasteiger partial charge on any atom is 0.481 e. The number of Topliss-reactive ketones (excluding diaryl/α,β-unsaturated/α-hetero) is 1. The van der Waals surface area contributed by atoms with Gasteiger partial charge < -0.3 is 20.4 Å². The minimum Gasteiger partial charge on any atom is -0.404 e. The van der Waals surface area contributed by atoms with Crippen molar-refractivity contribution in [3.63, 3.8) is 0 Å². The van der Waals surface area contributed by atoms with E-state index in [2.05, 4.69) is 44.9 Å². The van der Waals surface area contributed by atoms with Crippen LogP contribution < -0.4 is 16.5 Å². The lowest BCUT2D eigenvalue weighted by molar-refractivity contribution is -0.525. The molecule has 0 radical (unpaired) electrons. The summed E-state index contributed by atoms with van der Waals surface area (Å²) in [5.74, 6) is -0.0520. The molecule has 5 fully saturated rings. The molecule has 4 saturated carbocycles. The van der Waals surface area contributed by atoms with E-state index in [-0.39, 0.29) is 54.0 Å². The Bertz CT molecular complexity index is 1300. The Morgan fingerprint density at radius 3 is 2.48 bits per heavy atom. The second-order valence-electron chi connectivity index (χ2n) is 15.3. The van der Waals surface area contributed by atoms with Crippen LogP contribution >= 0.6 is 0 Å². The molecule has 6 atom stereocenters. The van der Waals surface area contributed by atoms with Gasteiger partial charge in [0.15, 0.2) is 5.03 Å². The molecule has 1 amide bonds. The molecule has 46 heavy (non-hydrogen) atoms. The zero-order valence-corrected chi connectivity index (χ0v) is 28.1. The molecule has 4 N–H and O–H groups in total. The van der Waals surface area contributed by atoms with Crippen LogP contribution in [0, 0.1) is 39.2 Å². The van der Waals surface area contributed by atoms with Crippen LogP contribution in [-0.2, 0) is 24.3 Å². The summed E-state index contributed by atoms with van der Waals surface area (Å²) in [5.41, 5.74) is 7.69. The molecule has 12 heteroatoms. The zero-order valence-electron chi connectivity index (χ0n) is 28.1. The molecule has 0 aromatic heterocycles.